The van der Waals surface area contributed by atoms with Crippen molar-refractivity contribution in [2.75, 3.05) is 0 Å². The number of H-pyrrole nitrogens is 1. The Labute approximate surface area is 226 Å². The topological polar surface area (TPSA) is 97.7 Å². The van der Waals surface area contributed by atoms with Gasteiger partial charge in [-0.3, -0.25) is 19.4 Å². The molecule has 0 saturated carbocycles. The number of carbonyl (C=O) groups is 2. The minimum Gasteiger partial charge on any atom is -0.327 e. The SMILES string of the molecule is CC(=O)c1cc(-c2cccnc2[C@@H](CC(=O)Cn2cnc3c(=O)[nH]ccc32)Cc2cc(F)cc(F)c2)ccc1F. The molecule has 1 atom stereocenters. The molecule has 40 heavy (non-hydrogen) atoms. The van der Waals surface area contributed by atoms with E-state index in [2.05, 4.69) is 15.0 Å². The fourth-order valence-electron chi connectivity index (χ4n) is 4.89. The molecule has 202 valence electrons. The fraction of sp³-hybridized carbons (Fsp3) is 0.167. The number of Topliss-reactive ketones (excluding diaryl/α,β-unsaturated/α-hetero) is 2. The maximum absolute atomic E-state index is 14.3. The van der Waals surface area contributed by atoms with Crippen LogP contribution < -0.4 is 5.56 Å². The molecule has 0 bridgehead atoms. The fourth-order valence-corrected chi connectivity index (χ4v) is 4.89. The van der Waals surface area contributed by atoms with Crippen molar-refractivity contribution in [2.24, 2.45) is 0 Å². The third-order valence-corrected chi connectivity index (χ3v) is 6.66. The maximum atomic E-state index is 14.3. The predicted octanol–water partition coefficient (Wildman–Crippen LogP) is 5.39. The molecule has 0 fully saturated rings. The minimum atomic E-state index is -0.749. The number of aromatic nitrogens is 4. The molecule has 0 aliphatic carbocycles. The van der Waals surface area contributed by atoms with Crippen LogP contribution in [0.1, 0.15) is 40.9 Å². The van der Waals surface area contributed by atoms with Gasteiger partial charge in [0.2, 0.25) is 0 Å². The number of hydrogen-bond acceptors (Lipinski definition) is 5. The van der Waals surface area contributed by atoms with Crippen LogP contribution in [0.5, 0.6) is 0 Å². The lowest BCUT2D eigenvalue weighted by Crippen LogP contribution is -2.17. The van der Waals surface area contributed by atoms with Crippen molar-refractivity contribution in [3.63, 3.8) is 0 Å². The first-order valence-electron chi connectivity index (χ1n) is 12.4. The number of fused-ring (bicyclic) bond motifs is 1. The smallest absolute Gasteiger partial charge is 0.276 e. The lowest BCUT2D eigenvalue weighted by Gasteiger charge is -2.20. The van der Waals surface area contributed by atoms with Crippen LogP contribution in [0.15, 0.2) is 78.1 Å². The van der Waals surface area contributed by atoms with Crippen LogP contribution in [-0.4, -0.2) is 31.1 Å². The normalized spacial score (nSPS) is 12.0. The Morgan fingerprint density at radius 3 is 2.52 bits per heavy atom. The van der Waals surface area contributed by atoms with E-state index in [0.717, 1.165) is 6.07 Å². The molecule has 3 aromatic heterocycles. The van der Waals surface area contributed by atoms with Crippen molar-refractivity contribution in [1.82, 2.24) is 19.5 Å². The van der Waals surface area contributed by atoms with Crippen LogP contribution in [0.3, 0.4) is 0 Å². The maximum Gasteiger partial charge on any atom is 0.276 e. The van der Waals surface area contributed by atoms with Gasteiger partial charge in [-0.15, -0.1) is 0 Å². The summed E-state index contributed by atoms with van der Waals surface area (Å²) in [6, 6.07) is 12.3. The summed E-state index contributed by atoms with van der Waals surface area (Å²) < 4.78 is 43.9. The Morgan fingerprint density at radius 2 is 1.77 bits per heavy atom. The number of rotatable bonds is 9. The zero-order valence-electron chi connectivity index (χ0n) is 21.3. The summed E-state index contributed by atoms with van der Waals surface area (Å²) in [5.74, 6) is -3.47. The molecule has 0 spiro atoms. The lowest BCUT2D eigenvalue weighted by molar-refractivity contribution is -0.120. The summed E-state index contributed by atoms with van der Waals surface area (Å²) in [6.45, 7) is 1.17. The number of ketones is 2. The predicted molar refractivity (Wildman–Crippen MR) is 142 cm³/mol. The number of nitrogens with one attached hydrogen (secondary N) is 1. The summed E-state index contributed by atoms with van der Waals surface area (Å²) in [5.41, 5.74) is 2.07. The number of nitrogens with zero attached hydrogens (tertiary/aromatic N) is 3. The Hall–Kier alpha value is -4.86. The number of imidazole rings is 1. The highest BCUT2D eigenvalue weighted by molar-refractivity contribution is 5.95. The van der Waals surface area contributed by atoms with Crippen LogP contribution in [-0.2, 0) is 17.8 Å². The Bertz CT molecular complexity index is 1790. The van der Waals surface area contributed by atoms with Crippen molar-refractivity contribution in [3.05, 3.63) is 118 Å². The number of pyridine rings is 2. The third-order valence-electron chi connectivity index (χ3n) is 6.66. The lowest BCUT2D eigenvalue weighted by atomic mass is 9.86. The first-order chi connectivity index (χ1) is 19.2. The second-order valence-corrected chi connectivity index (χ2v) is 9.52. The van der Waals surface area contributed by atoms with Gasteiger partial charge in [0.1, 0.15) is 17.5 Å². The number of benzene rings is 2. The van der Waals surface area contributed by atoms with Gasteiger partial charge in [-0.2, -0.15) is 0 Å². The molecular formula is C30H23F3N4O3. The number of halogens is 3. The zero-order chi connectivity index (χ0) is 28.4. The molecule has 10 heteroatoms. The second-order valence-electron chi connectivity index (χ2n) is 9.52. The summed E-state index contributed by atoms with van der Waals surface area (Å²) in [4.78, 5) is 48.5. The van der Waals surface area contributed by atoms with E-state index in [1.165, 1.54) is 56.0 Å². The van der Waals surface area contributed by atoms with Gasteiger partial charge >= 0.3 is 0 Å². The van der Waals surface area contributed by atoms with E-state index in [0.29, 0.717) is 27.9 Å². The summed E-state index contributed by atoms with van der Waals surface area (Å²) in [6.07, 6.45) is 4.42. The van der Waals surface area contributed by atoms with E-state index in [4.69, 9.17) is 0 Å². The molecule has 0 aliphatic heterocycles. The molecule has 0 unspecified atom stereocenters. The minimum absolute atomic E-state index is 0.0637. The monoisotopic (exact) mass is 544 g/mol. The quantitative estimate of drug-likeness (QED) is 0.251. The van der Waals surface area contributed by atoms with Crippen molar-refractivity contribution < 1.29 is 22.8 Å². The molecule has 2 aromatic carbocycles. The molecule has 0 saturated heterocycles. The highest BCUT2D eigenvalue weighted by Crippen LogP contribution is 2.33. The molecule has 1 N–H and O–H groups in total. The highest BCUT2D eigenvalue weighted by atomic mass is 19.1. The van der Waals surface area contributed by atoms with Crippen molar-refractivity contribution in [1.29, 1.82) is 0 Å². The summed E-state index contributed by atoms with van der Waals surface area (Å²) in [5, 5.41) is 0. The van der Waals surface area contributed by atoms with Gasteiger partial charge in [-0.1, -0.05) is 12.1 Å². The van der Waals surface area contributed by atoms with E-state index < -0.39 is 29.2 Å². The van der Waals surface area contributed by atoms with Gasteiger partial charge in [0.15, 0.2) is 17.1 Å². The van der Waals surface area contributed by atoms with Gasteiger partial charge in [0, 0.05) is 36.4 Å². The van der Waals surface area contributed by atoms with Crippen LogP contribution in [0.2, 0.25) is 0 Å². The van der Waals surface area contributed by atoms with Crippen LogP contribution in [0.4, 0.5) is 13.2 Å². The average Bonchev–Trinajstić information content (AvgIpc) is 3.31. The van der Waals surface area contributed by atoms with Crippen molar-refractivity contribution in [2.45, 2.75) is 32.2 Å². The van der Waals surface area contributed by atoms with Crippen molar-refractivity contribution in [3.8, 4) is 11.1 Å². The zero-order valence-corrected chi connectivity index (χ0v) is 21.3. The van der Waals surface area contributed by atoms with E-state index in [-0.39, 0.29) is 41.8 Å². The van der Waals surface area contributed by atoms with Gasteiger partial charge in [0.05, 0.1) is 29.6 Å². The highest BCUT2D eigenvalue weighted by Gasteiger charge is 2.24. The first-order valence-corrected chi connectivity index (χ1v) is 12.4. The van der Waals surface area contributed by atoms with Gasteiger partial charge in [-0.05, 0) is 60.9 Å². The molecule has 0 aliphatic rings. The van der Waals surface area contributed by atoms with E-state index in [1.807, 2.05) is 0 Å². The molecule has 5 rings (SSSR count). The average molecular weight is 545 g/mol. The number of aromatic amines is 1. The molecule has 5 aromatic rings. The molecule has 3 heterocycles. The molecular weight excluding hydrogens is 521 g/mol. The third kappa shape index (κ3) is 5.61. The van der Waals surface area contributed by atoms with Gasteiger partial charge < -0.3 is 9.55 Å². The molecule has 0 amide bonds. The Kier molecular flexibility index (Phi) is 7.41. The van der Waals surface area contributed by atoms with Crippen LogP contribution in [0.25, 0.3) is 22.2 Å². The van der Waals surface area contributed by atoms with E-state index in [1.54, 1.807) is 22.8 Å². The standard InChI is InChI=1S/C30H23F3N4O3/c1-17(38)25-13-19(4-5-26(25)33)24-3-2-7-34-28(24)20(9-18-10-21(31)14-22(32)11-18)12-23(39)15-37-16-36-29-27(37)6-8-35-30(29)40/h2-8,10-11,13-14,16,20H,9,12,15H2,1H3,(H,35,40)/t20-/m1/s1. The molecule has 7 nitrogen and oxygen atoms in total. The second kappa shape index (κ2) is 11.1. The molecule has 0 radical (unpaired) electrons. The van der Waals surface area contributed by atoms with Crippen LogP contribution >= 0.6 is 0 Å². The Morgan fingerprint density at radius 1 is 1.00 bits per heavy atom. The van der Waals surface area contributed by atoms with Gasteiger partial charge in [0.25, 0.3) is 5.56 Å². The number of carbonyl (C=O) groups excluding carboxylic acids is 2. The summed E-state index contributed by atoms with van der Waals surface area (Å²) in [7, 11) is 0. The van der Waals surface area contributed by atoms with Crippen LogP contribution in [0, 0.1) is 17.5 Å². The summed E-state index contributed by atoms with van der Waals surface area (Å²) >= 11 is 0. The van der Waals surface area contributed by atoms with E-state index >= 15 is 0 Å². The Balaban J connectivity index is 1.53. The van der Waals surface area contributed by atoms with Gasteiger partial charge in [-0.25, -0.2) is 18.2 Å². The largest absolute Gasteiger partial charge is 0.327 e. The number of hydrogen-bond donors (Lipinski definition) is 1. The first kappa shape index (κ1) is 26.7. The van der Waals surface area contributed by atoms with E-state index in [9.17, 15) is 27.6 Å². The van der Waals surface area contributed by atoms with Crippen molar-refractivity contribution >= 4 is 22.6 Å².